The largest absolute Gasteiger partial charge is 0.343 e. The molecule has 0 radical (unpaired) electrons. The molecule has 1 aliphatic heterocycles. The highest BCUT2D eigenvalue weighted by molar-refractivity contribution is 8.14. The molecule has 2 fully saturated rings. The number of carbonyl (C=O) groups is 1. The minimum atomic E-state index is -0.231. The molecule has 2 amide bonds. The number of carbonyl (C=O) groups excluding carboxylic acids is 1. The van der Waals surface area contributed by atoms with Gasteiger partial charge in [-0.05, 0) is 86.6 Å². The van der Waals surface area contributed by atoms with Gasteiger partial charge in [0.1, 0.15) is 6.33 Å². The van der Waals surface area contributed by atoms with Crippen LogP contribution in [0.25, 0.3) is 17.1 Å². The number of aryl methyl sites for hydroxylation is 1. The summed E-state index contributed by atoms with van der Waals surface area (Å²) in [6.07, 6.45) is 13.0. The molecular formula is C34H40N6OS. The number of amidine groups is 1. The average molecular weight is 581 g/mol. The van der Waals surface area contributed by atoms with Crippen molar-refractivity contribution < 1.29 is 4.79 Å². The Balaban J connectivity index is 1.11. The van der Waals surface area contributed by atoms with Crippen LogP contribution >= 0.6 is 11.8 Å². The Bertz CT molecular complexity index is 1540. The van der Waals surface area contributed by atoms with Crippen LogP contribution < -0.4 is 10.2 Å². The molecule has 1 saturated carbocycles. The lowest BCUT2D eigenvalue weighted by atomic mass is 9.95. The summed E-state index contributed by atoms with van der Waals surface area (Å²) in [6.45, 7) is 8.88. The molecule has 218 valence electrons. The van der Waals surface area contributed by atoms with Crippen LogP contribution in [0.5, 0.6) is 0 Å². The minimum absolute atomic E-state index is 0.126. The molecule has 2 aromatic carbocycles. The van der Waals surface area contributed by atoms with Crippen molar-refractivity contribution in [3.05, 3.63) is 83.7 Å². The van der Waals surface area contributed by atoms with Crippen LogP contribution in [0, 0.1) is 6.92 Å². The standard InChI is InChI=1S/C34H40N6OS/c1-22(2)31-23(3)8-7-11-30(31)40-24(4)18-19-42-34(40)37-33(41)36-28-17-16-27(20-28)25-12-14-26(15-13-25)32-35-21-39(38-32)29-9-5-6-10-29/h5,7-15,21-22,24,27-28H,6,16-20H2,1-4H3,(H,36,41)/b37-34-. The first-order valence-corrected chi connectivity index (χ1v) is 16.2. The van der Waals surface area contributed by atoms with Gasteiger partial charge in [0.2, 0.25) is 0 Å². The van der Waals surface area contributed by atoms with E-state index in [0.717, 1.165) is 60.1 Å². The minimum Gasteiger partial charge on any atom is -0.333 e. The summed E-state index contributed by atoms with van der Waals surface area (Å²) in [5, 5.41) is 8.68. The fourth-order valence-corrected chi connectivity index (χ4v) is 7.72. The van der Waals surface area contributed by atoms with Gasteiger partial charge >= 0.3 is 6.03 Å². The number of rotatable bonds is 6. The molecule has 1 aromatic heterocycles. The SMILES string of the molecule is Cc1cccc(N2/C(=N/C(=O)NC3CCC(c4ccc(-c5ncn(C6=CCC=C6)n5)cc4)C3)SCCC2C)c1C(C)C. The van der Waals surface area contributed by atoms with Crippen molar-refractivity contribution >= 4 is 34.3 Å². The number of urea groups is 1. The van der Waals surface area contributed by atoms with Gasteiger partial charge in [-0.25, -0.2) is 14.5 Å². The van der Waals surface area contributed by atoms with E-state index in [2.05, 4.69) is 114 Å². The molecule has 3 aromatic rings. The Morgan fingerprint density at radius 1 is 1.12 bits per heavy atom. The van der Waals surface area contributed by atoms with Crippen LogP contribution in [0.4, 0.5) is 10.5 Å². The fraction of sp³-hybridized carbons (Fsp3) is 0.412. The van der Waals surface area contributed by atoms with Crippen molar-refractivity contribution in [3.8, 4) is 11.4 Å². The maximum Gasteiger partial charge on any atom is 0.343 e. The van der Waals surface area contributed by atoms with Gasteiger partial charge in [0, 0.05) is 29.1 Å². The quantitative estimate of drug-likeness (QED) is 0.321. The number of nitrogens with one attached hydrogen (secondary N) is 1. The number of thioether (sulfide) groups is 1. The van der Waals surface area contributed by atoms with Crippen LogP contribution in [0.2, 0.25) is 0 Å². The van der Waals surface area contributed by atoms with Gasteiger partial charge in [0.05, 0.1) is 5.70 Å². The number of benzene rings is 2. The van der Waals surface area contributed by atoms with Crippen LogP contribution in [-0.4, -0.2) is 43.8 Å². The third-order valence-electron chi connectivity index (χ3n) is 8.66. The highest BCUT2D eigenvalue weighted by Gasteiger charge is 2.31. The van der Waals surface area contributed by atoms with E-state index in [9.17, 15) is 4.79 Å². The van der Waals surface area contributed by atoms with Crippen molar-refractivity contribution in [3.63, 3.8) is 0 Å². The highest BCUT2D eigenvalue weighted by Crippen LogP contribution is 2.37. The Kier molecular flexibility index (Phi) is 8.34. The molecule has 0 spiro atoms. The lowest BCUT2D eigenvalue weighted by Gasteiger charge is -2.37. The van der Waals surface area contributed by atoms with Crippen molar-refractivity contribution in [2.75, 3.05) is 10.7 Å². The summed E-state index contributed by atoms with van der Waals surface area (Å²) in [4.78, 5) is 24.7. The van der Waals surface area contributed by atoms with E-state index in [1.165, 1.54) is 22.4 Å². The average Bonchev–Trinajstić information content (AvgIpc) is 3.75. The second-order valence-corrected chi connectivity index (χ2v) is 13.0. The van der Waals surface area contributed by atoms with E-state index in [0.29, 0.717) is 11.8 Å². The van der Waals surface area contributed by atoms with Gasteiger partial charge < -0.3 is 10.2 Å². The predicted octanol–water partition coefficient (Wildman–Crippen LogP) is 7.91. The lowest BCUT2D eigenvalue weighted by molar-refractivity contribution is 0.245. The molecule has 7 nitrogen and oxygen atoms in total. The number of hydrogen-bond acceptors (Lipinski definition) is 4. The highest BCUT2D eigenvalue weighted by atomic mass is 32.2. The molecule has 42 heavy (non-hydrogen) atoms. The molecule has 1 saturated heterocycles. The summed E-state index contributed by atoms with van der Waals surface area (Å²) in [6, 6.07) is 15.2. The number of amides is 2. The summed E-state index contributed by atoms with van der Waals surface area (Å²) < 4.78 is 1.83. The summed E-state index contributed by atoms with van der Waals surface area (Å²) in [5.74, 6) is 2.51. The zero-order chi connectivity index (χ0) is 29.2. The number of allylic oxidation sites excluding steroid dienone is 4. The zero-order valence-corrected chi connectivity index (χ0v) is 25.8. The normalized spacial score (nSPS) is 23.2. The summed E-state index contributed by atoms with van der Waals surface area (Å²) in [7, 11) is 0. The van der Waals surface area contributed by atoms with Crippen molar-refractivity contribution in [1.29, 1.82) is 0 Å². The van der Waals surface area contributed by atoms with Crippen LogP contribution in [0.1, 0.15) is 81.4 Å². The van der Waals surface area contributed by atoms with Crippen LogP contribution in [0.15, 0.2) is 72.0 Å². The lowest BCUT2D eigenvalue weighted by Crippen LogP contribution is -2.43. The maximum absolute atomic E-state index is 13.2. The zero-order valence-electron chi connectivity index (χ0n) is 25.0. The van der Waals surface area contributed by atoms with E-state index >= 15 is 0 Å². The predicted molar refractivity (Wildman–Crippen MR) is 174 cm³/mol. The van der Waals surface area contributed by atoms with E-state index in [-0.39, 0.29) is 18.1 Å². The van der Waals surface area contributed by atoms with Gasteiger partial charge in [0.15, 0.2) is 11.0 Å². The topological polar surface area (TPSA) is 75.4 Å². The molecule has 2 aliphatic carbocycles. The molecular weight excluding hydrogens is 540 g/mol. The number of anilines is 1. The Hall–Kier alpha value is -3.65. The molecule has 2 heterocycles. The van der Waals surface area contributed by atoms with Gasteiger partial charge in [-0.2, -0.15) is 4.99 Å². The first-order chi connectivity index (χ1) is 20.4. The number of aromatic nitrogens is 3. The van der Waals surface area contributed by atoms with Gasteiger partial charge in [-0.3, -0.25) is 0 Å². The molecule has 8 heteroatoms. The molecule has 1 N–H and O–H groups in total. The monoisotopic (exact) mass is 580 g/mol. The second-order valence-electron chi connectivity index (χ2n) is 12.0. The van der Waals surface area contributed by atoms with E-state index in [1.54, 1.807) is 18.1 Å². The molecule has 3 aliphatic rings. The Morgan fingerprint density at radius 3 is 2.71 bits per heavy atom. The second kappa shape index (κ2) is 12.3. The third-order valence-corrected chi connectivity index (χ3v) is 9.64. The number of hydrogen-bond donors (Lipinski definition) is 1. The van der Waals surface area contributed by atoms with Gasteiger partial charge in [-0.15, -0.1) is 5.10 Å². The molecule has 6 rings (SSSR count). The van der Waals surface area contributed by atoms with Gasteiger partial charge in [-0.1, -0.05) is 74.2 Å². The van der Waals surface area contributed by atoms with Gasteiger partial charge in [0.25, 0.3) is 0 Å². The maximum atomic E-state index is 13.2. The van der Waals surface area contributed by atoms with Crippen molar-refractivity contribution in [2.45, 2.75) is 83.7 Å². The van der Waals surface area contributed by atoms with Crippen LogP contribution in [-0.2, 0) is 0 Å². The molecule has 3 atom stereocenters. The first-order valence-electron chi connectivity index (χ1n) is 15.2. The number of nitrogens with zero attached hydrogens (tertiary/aromatic N) is 5. The molecule has 0 bridgehead atoms. The number of aliphatic imine (C=N–C) groups is 1. The summed E-state index contributed by atoms with van der Waals surface area (Å²) >= 11 is 1.68. The Labute approximate surface area is 253 Å². The van der Waals surface area contributed by atoms with Crippen molar-refractivity contribution in [2.24, 2.45) is 4.99 Å². The van der Waals surface area contributed by atoms with Crippen LogP contribution in [0.3, 0.4) is 0 Å². The summed E-state index contributed by atoms with van der Waals surface area (Å²) in [5.41, 5.74) is 7.16. The smallest absolute Gasteiger partial charge is 0.333 e. The van der Waals surface area contributed by atoms with Crippen molar-refractivity contribution in [1.82, 2.24) is 20.1 Å². The molecule has 3 unspecified atom stereocenters. The Morgan fingerprint density at radius 2 is 1.95 bits per heavy atom. The van der Waals surface area contributed by atoms with E-state index in [4.69, 9.17) is 0 Å². The fourth-order valence-electron chi connectivity index (χ4n) is 6.51. The van der Waals surface area contributed by atoms with E-state index in [1.807, 2.05) is 4.68 Å². The first kappa shape index (κ1) is 28.5. The third kappa shape index (κ3) is 5.95. The van der Waals surface area contributed by atoms with E-state index < -0.39 is 0 Å².